The van der Waals surface area contributed by atoms with E-state index >= 15 is 0 Å². The summed E-state index contributed by atoms with van der Waals surface area (Å²) >= 11 is 0. The first kappa shape index (κ1) is 21.1. The van der Waals surface area contributed by atoms with E-state index in [-0.39, 0.29) is 22.5 Å². The molecule has 34 heavy (non-hydrogen) atoms. The molecule has 0 radical (unpaired) electrons. The van der Waals surface area contributed by atoms with Crippen molar-refractivity contribution in [2.45, 2.75) is 6.92 Å². The molecule has 0 aliphatic heterocycles. The second-order valence-corrected chi connectivity index (χ2v) is 7.84. The monoisotopic (exact) mass is 451 g/mol. The summed E-state index contributed by atoms with van der Waals surface area (Å²) in [4.78, 5) is 39.8. The number of rotatable bonds is 4. The van der Waals surface area contributed by atoms with Crippen molar-refractivity contribution in [3.05, 3.63) is 117 Å². The Labute approximate surface area is 194 Å². The van der Waals surface area contributed by atoms with Crippen LogP contribution in [0.4, 0.5) is 5.69 Å². The Morgan fingerprint density at radius 1 is 0.765 bits per heavy atom. The smallest absolute Gasteiger partial charge is 0.295 e. The fraction of sp³-hybridized carbons (Fsp3) is 0.0769. The number of hydrogen-bond acceptors (Lipinski definition) is 4. The summed E-state index contributed by atoms with van der Waals surface area (Å²) in [5.41, 5.74) is 1.31. The van der Waals surface area contributed by atoms with Crippen molar-refractivity contribution in [2.24, 2.45) is 7.05 Å². The Morgan fingerprint density at radius 3 is 1.97 bits per heavy atom. The standard InChI is InChI=1S/C26H21N5O3/c1-17-22(26(34)31(29(17)2)19-13-7-4-8-14-19)27-24(32)23-20-15-9-10-16-21(20)25(33)30(28-23)18-11-5-3-6-12-18/h3-16H,1-2H3,(H,27,32). The van der Waals surface area contributed by atoms with Gasteiger partial charge in [0.25, 0.3) is 17.0 Å². The van der Waals surface area contributed by atoms with Crippen LogP contribution in [0, 0.1) is 6.92 Å². The van der Waals surface area contributed by atoms with Crippen LogP contribution in [0.3, 0.4) is 0 Å². The third-order valence-corrected chi connectivity index (χ3v) is 5.81. The van der Waals surface area contributed by atoms with E-state index in [1.807, 2.05) is 36.4 Å². The van der Waals surface area contributed by atoms with E-state index in [2.05, 4.69) is 10.4 Å². The third kappa shape index (κ3) is 3.41. The van der Waals surface area contributed by atoms with Crippen LogP contribution in [-0.2, 0) is 7.05 Å². The highest BCUT2D eigenvalue weighted by Crippen LogP contribution is 2.19. The molecule has 8 heteroatoms. The molecular weight excluding hydrogens is 430 g/mol. The van der Waals surface area contributed by atoms with E-state index in [4.69, 9.17) is 0 Å². The third-order valence-electron chi connectivity index (χ3n) is 5.81. The van der Waals surface area contributed by atoms with E-state index in [1.54, 1.807) is 67.2 Å². The highest BCUT2D eigenvalue weighted by Gasteiger charge is 2.22. The molecule has 0 aliphatic carbocycles. The molecule has 1 N–H and O–H groups in total. The number of nitrogens with zero attached hydrogens (tertiary/aromatic N) is 4. The summed E-state index contributed by atoms with van der Waals surface area (Å²) < 4.78 is 4.38. The normalized spacial score (nSPS) is 11.0. The summed E-state index contributed by atoms with van der Waals surface area (Å²) in [6.07, 6.45) is 0. The van der Waals surface area contributed by atoms with Crippen LogP contribution in [-0.4, -0.2) is 25.1 Å². The largest absolute Gasteiger partial charge is 0.314 e. The van der Waals surface area contributed by atoms with Gasteiger partial charge < -0.3 is 5.32 Å². The molecule has 0 saturated carbocycles. The lowest BCUT2D eigenvalue weighted by Crippen LogP contribution is -2.28. The lowest BCUT2D eigenvalue weighted by molar-refractivity contribution is 0.102. The van der Waals surface area contributed by atoms with Gasteiger partial charge in [0.05, 0.1) is 22.5 Å². The van der Waals surface area contributed by atoms with Gasteiger partial charge in [-0.2, -0.15) is 9.78 Å². The highest BCUT2D eigenvalue weighted by atomic mass is 16.2. The molecule has 0 aliphatic rings. The van der Waals surface area contributed by atoms with Crippen molar-refractivity contribution in [1.82, 2.24) is 19.1 Å². The topological polar surface area (TPSA) is 90.9 Å². The molecule has 1 amide bonds. The van der Waals surface area contributed by atoms with Gasteiger partial charge in [0.2, 0.25) is 0 Å². The average Bonchev–Trinajstić information content (AvgIpc) is 3.08. The summed E-state index contributed by atoms with van der Waals surface area (Å²) in [6, 6.07) is 24.9. The Kier molecular flexibility index (Phi) is 5.18. The Morgan fingerprint density at radius 2 is 1.32 bits per heavy atom. The number of aromatic nitrogens is 4. The molecule has 0 fully saturated rings. The zero-order chi connectivity index (χ0) is 23.8. The second-order valence-electron chi connectivity index (χ2n) is 7.84. The first-order chi connectivity index (χ1) is 16.5. The van der Waals surface area contributed by atoms with Gasteiger partial charge >= 0.3 is 0 Å². The molecule has 2 aromatic heterocycles. The zero-order valence-corrected chi connectivity index (χ0v) is 18.6. The van der Waals surface area contributed by atoms with Crippen molar-refractivity contribution >= 4 is 22.4 Å². The number of nitrogens with one attached hydrogen (secondary N) is 1. The van der Waals surface area contributed by atoms with Gasteiger partial charge in [-0.1, -0.05) is 54.6 Å². The maximum atomic E-state index is 13.4. The van der Waals surface area contributed by atoms with Crippen molar-refractivity contribution in [3.8, 4) is 11.4 Å². The molecule has 5 rings (SSSR count). The van der Waals surface area contributed by atoms with E-state index < -0.39 is 5.91 Å². The van der Waals surface area contributed by atoms with E-state index in [1.165, 1.54) is 9.36 Å². The first-order valence-electron chi connectivity index (χ1n) is 10.7. The molecule has 168 valence electrons. The van der Waals surface area contributed by atoms with Gasteiger partial charge in [-0.05, 0) is 37.3 Å². The molecular formula is C26H21N5O3. The molecule has 8 nitrogen and oxygen atoms in total. The quantitative estimate of drug-likeness (QED) is 0.453. The van der Waals surface area contributed by atoms with Gasteiger partial charge in [0.15, 0.2) is 5.69 Å². The molecule has 0 bridgehead atoms. The Balaban J connectivity index is 1.64. The van der Waals surface area contributed by atoms with Crippen LogP contribution < -0.4 is 16.4 Å². The number of para-hydroxylation sites is 2. The maximum Gasteiger partial charge on any atom is 0.295 e. The van der Waals surface area contributed by atoms with Crippen LogP contribution in [0.25, 0.3) is 22.1 Å². The van der Waals surface area contributed by atoms with Crippen molar-refractivity contribution in [3.63, 3.8) is 0 Å². The fourth-order valence-corrected chi connectivity index (χ4v) is 3.99. The minimum absolute atomic E-state index is 0.0490. The number of hydrogen-bond donors (Lipinski definition) is 1. The van der Waals surface area contributed by atoms with Crippen LogP contribution in [0.5, 0.6) is 0 Å². The lowest BCUT2D eigenvalue weighted by Gasteiger charge is -2.11. The number of amides is 1. The highest BCUT2D eigenvalue weighted by molar-refractivity contribution is 6.11. The first-order valence-corrected chi connectivity index (χ1v) is 10.7. The van der Waals surface area contributed by atoms with Gasteiger partial charge in [-0.3, -0.25) is 19.1 Å². The van der Waals surface area contributed by atoms with Crippen molar-refractivity contribution < 1.29 is 4.79 Å². The summed E-state index contributed by atoms with van der Waals surface area (Å²) in [5.74, 6) is -0.577. The molecule has 0 unspecified atom stereocenters. The van der Waals surface area contributed by atoms with Crippen LogP contribution in [0.2, 0.25) is 0 Å². The van der Waals surface area contributed by atoms with E-state index in [0.29, 0.717) is 27.8 Å². The van der Waals surface area contributed by atoms with Gasteiger partial charge in [0.1, 0.15) is 5.69 Å². The molecule has 0 saturated heterocycles. The molecule has 5 aromatic rings. The summed E-state index contributed by atoms with van der Waals surface area (Å²) in [5, 5.41) is 7.91. The number of fused-ring (bicyclic) bond motifs is 1. The van der Waals surface area contributed by atoms with Crippen molar-refractivity contribution in [1.29, 1.82) is 0 Å². The van der Waals surface area contributed by atoms with Gasteiger partial charge in [-0.15, -0.1) is 0 Å². The lowest BCUT2D eigenvalue weighted by atomic mass is 10.1. The molecule has 3 aromatic carbocycles. The van der Waals surface area contributed by atoms with Gasteiger partial charge in [-0.25, -0.2) is 4.68 Å². The molecule has 0 atom stereocenters. The SMILES string of the molecule is Cc1c(NC(=O)c2nn(-c3ccccc3)c(=O)c3ccccc23)c(=O)n(-c2ccccc2)n1C. The average molecular weight is 451 g/mol. The zero-order valence-electron chi connectivity index (χ0n) is 18.6. The van der Waals surface area contributed by atoms with Crippen LogP contribution in [0.15, 0.2) is 94.5 Å². The summed E-state index contributed by atoms with van der Waals surface area (Å²) in [6.45, 7) is 1.76. The van der Waals surface area contributed by atoms with Crippen molar-refractivity contribution in [2.75, 3.05) is 5.32 Å². The molecule has 0 spiro atoms. The summed E-state index contributed by atoms with van der Waals surface area (Å²) in [7, 11) is 1.75. The number of anilines is 1. The maximum absolute atomic E-state index is 13.4. The second kappa shape index (κ2) is 8.32. The Hall–Kier alpha value is -4.72. The number of benzene rings is 3. The van der Waals surface area contributed by atoms with E-state index in [9.17, 15) is 14.4 Å². The number of carbonyl (C=O) groups excluding carboxylic acids is 1. The minimum Gasteiger partial charge on any atom is -0.314 e. The van der Waals surface area contributed by atoms with Crippen LogP contribution in [0.1, 0.15) is 16.2 Å². The van der Waals surface area contributed by atoms with E-state index in [0.717, 1.165) is 0 Å². The van der Waals surface area contributed by atoms with Gasteiger partial charge in [0, 0.05) is 12.4 Å². The molecule has 2 heterocycles. The fourth-order valence-electron chi connectivity index (χ4n) is 3.99. The van der Waals surface area contributed by atoms with Crippen LogP contribution >= 0.6 is 0 Å². The Bertz CT molecular complexity index is 1650. The predicted octanol–water partition coefficient (Wildman–Crippen LogP) is 3.44. The minimum atomic E-state index is -0.577. The number of carbonyl (C=O) groups is 1. The predicted molar refractivity (Wildman–Crippen MR) is 131 cm³/mol.